The molecule has 3 N–H and O–H groups in total. The van der Waals surface area contributed by atoms with E-state index >= 15 is 0 Å². The van der Waals surface area contributed by atoms with E-state index in [4.69, 9.17) is 5.73 Å². The first-order valence-corrected chi connectivity index (χ1v) is 6.50. The lowest BCUT2D eigenvalue weighted by molar-refractivity contribution is 0.955. The Kier molecular flexibility index (Phi) is 2.87. The van der Waals surface area contributed by atoms with Gasteiger partial charge in [-0.2, -0.15) is 5.10 Å². The molecular formula is C15H18N4. The Hall–Kier alpha value is -2.07. The summed E-state index contributed by atoms with van der Waals surface area (Å²) in [4.78, 5) is 0. The maximum atomic E-state index is 5.71. The molecule has 3 aromatic rings. The summed E-state index contributed by atoms with van der Waals surface area (Å²) in [6.07, 6.45) is 2.99. The summed E-state index contributed by atoms with van der Waals surface area (Å²) in [5, 5.41) is 8.79. The highest BCUT2D eigenvalue weighted by atomic mass is 15.1. The molecule has 0 unspecified atom stereocenters. The second-order valence-electron chi connectivity index (χ2n) is 4.89. The number of benzene rings is 1. The normalized spacial score (nSPS) is 11.3. The van der Waals surface area contributed by atoms with Gasteiger partial charge in [0.2, 0.25) is 0 Å². The third-order valence-electron chi connectivity index (χ3n) is 3.62. The van der Waals surface area contributed by atoms with E-state index in [1.807, 2.05) is 6.92 Å². The fourth-order valence-corrected chi connectivity index (χ4v) is 2.66. The van der Waals surface area contributed by atoms with E-state index in [0.717, 1.165) is 17.8 Å². The summed E-state index contributed by atoms with van der Waals surface area (Å²) < 4.78 is 2.14. The maximum absolute atomic E-state index is 5.71. The highest BCUT2D eigenvalue weighted by molar-refractivity contribution is 5.95. The monoisotopic (exact) mass is 254 g/mol. The standard InChI is InChI=1S/C15H18N4/c1-10-11(7-8-16)15(18-17-10)13-9-19(2)14-6-4-3-5-12(13)14/h3-6,9H,7-8,16H2,1-2H3,(H,17,18). The summed E-state index contributed by atoms with van der Waals surface area (Å²) in [7, 11) is 2.06. The van der Waals surface area contributed by atoms with E-state index in [9.17, 15) is 0 Å². The minimum Gasteiger partial charge on any atom is -0.350 e. The SMILES string of the molecule is Cc1[nH]nc(-c2cn(C)c3ccccc23)c1CCN. The van der Waals surface area contributed by atoms with Crippen LogP contribution < -0.4 is 5.73 Å². The molecule has 19 heavy (non-hydrogen) atoms. The molecule has 2 aromatic heterocycles. The number of nitrogens with zero attached hydrogens (tertiary/aromatic N) is 2. The zero-order chi connectivity index (χ0) is 13.4. The Morgan fingerprint density at radius 1 is 1.32 bits per heavy atom. The Balaban J connectivity index is 2.25. The number of aromatic amines is 1. The number of hydrogen-bond acceptors (Lipinski definition) is 2. The van der Waals surface area contributed by atoms with E-state index in [2.05, 4.69) is 52.3 Å². The van der Waals surface area contributed by atoms with Crippen molar-refractivity contribution in [3.05, 3.63) is 41.7 Å². The van der Waals surface area contributed by atoms with Gasteiger partial charge in [-0.15, -0.1) is 0 Å². The summed E-state index contributed by atoms with van der Waals surface area (Å²) in [5.74, 6) is 0. The number of rotatable bonds is 3. The third kappa shape index (κ3) is 1.85. The average Bonchev–Trinajstić information content (AvgIpc) is 2.93. The lowest BCUT2D eigenvalue weighted by Crippen LogP contribution is -2.04. The largest absolute Gasteiger partial charge is 0.350 e. The molecule has 0 bridgehead atoms. The van der Waals surface area contributed by atoms with Crippen LogP contribution >= 0.6 is 0 Å². The van der Waals surface area contributed by atoms with E-state index in [1.54, 1.807) is 0 Å². The molecule has 0 aliphatic rings. The smallest absolute Gasteiger partial charge is 0.0977 e. The van der Waals surface area contributed by atoms with Crippen LogP contribution in [0, 0.1) is 6.92 Å². The molecule has 0 saturated carbocycles. The molecule has 98 valence electrons. The van der Waals surface area contributed by atoms with Crippen LogP contribution in [0.25, 0.3) is 22.2 Å². The predicted octanol–water partition coefficient (Wildman–Crippen LogP) is 2.38. The van der Waals surface area contributed by atoms with E-state index in [-0.39, 0.29) is 0 Å². The van der Waals surface area contributed by atoms with E-state index in [1.165, 1.54) is 22.0 Å². The van der Waals surface area contributed by atoms with Gasteiger partial charge < -0.3 is 10.3 Å². The Labute approximate surface area is 112 Å². The minimum absolute atomic E-state index is 0.637. The Morgan fingerprint density at radius 2 is 2.11 bits per heavy atom. The second-order valence-corrected chi connectivity index (χ2v) is 4.89. The van der Waals surface area contributed by atoms with Crippen molar-refractivity contribution in [2.24, 2.45) is 12.8 Å². The molecule has 4 heteroatoms. The first-order chi connectivity index (χ1) is 9.22. The van der Waals surface area contributed by atoms with Gasteiger partial charge in [0.15, 0.2) is 0 Å². The van der Waals surface area contributed by atoms with Crippen molar-refractivity contribution in [2.45, 2.75) is 13.3 Å². The molecule has 0 spiro atoms. The van der Waals surface area contributed by atoms with Gasteiger partial charge in [0.1, 0.15) is 0 Å². The number of aryl methyl sites for hydroxylation is 2. The summed E-state index contributed by atoms with van der Waals surface area (Å²) in [5.41, 5.74) is 11.5. The molecule has 1 aromatic carbocycles. The minimum atomic E-state index is 0.637. The fraction of sp³-hybridized carbons (Fsp3) is 0.267. The highest BCUT2D eigenvalue weighted by Crippen LogP contribution is 2.32. The zero-order valence-electron chi connectivity index (χ0n) is 11.3. The van der Waals surface area contributed by atoms with Crippen molar-refractivity contribution < 1.29 is 0 Å². The van der Waals surface area contributed by atoms with Crippen molar-refractivity contribution >= 4 is 10.9 Å². The van der Waals surface area contributed by atoms with Crippen LogP contribution in [0.1, 0.15) is 11.3 Å². The van der Waals surface area contributed by atoms with E-state index < -0.39 is 0 Å². The van der Waals surface area contributed by atoms with Crippen LogP contribution in [0.15, 0.2) is 30.5 Å². The molecule has 0 atom stereocenters. The topological polar surface area (TPSA) is 59.6 Å². The van der Waals surface area contributed by atoms with E-state index in [0.29, 0.717) is 6.54 Å². The first-order valence-electron chi connectivity index (χ1n) is 6.50. The van der Waals surface area contributed by atoms with Crippen molar-refractivity contribution in [2.75, 3.05) is 6.54 Å². The fourth-order valence-electron chi connectivity index (χ4n) is 2.66. The predicted molar refractivity (Wildman–Crippen MR) is 78.0 cm³/mol. The van der Waals surface area contributed by atoms with Gasteiger partial charge in [0.05, 0.1) is 5.69 Å². The van der Waals surface area contributed by atoms with Gasteiger partial charge >= 0.3 is 0 Å². The molecule has 0 amide bonds. The van der Waals surface area contributed by atoms with Crippen LogP contribution in [0.3, 0.4) is 0 Å². The van der Waals surface area contributed by atoms with Crippen LogP contribution in [-0.2, 0) is 13.5 Å². The van der Waals surface area contributed by atoms with Crippen molar-refractivity contribution in [1.29, 1.82) is 0 Å². The highest BCUT2D eigenvalue weighted by Gasteiger charge is 2.16. The number of fused-ring (bicyclic) bond motifs is 1. The average molecular weight is 254 g/mol. The molecule has 0 radical (unpaired) electrons. The number of hydrogen-bond donors (Lipinski definition) is 2. The number of nitrogens with two attached hydrogens (primary N) is 1. The zero-order valence-corrected chi connectivity index (χ0v) is 11.3. The van der Waals surface area contributed by atoms with Gasteiger partial charge in [-0.1, -0.05) is 18.2 Å². The summed E-state index contributed by atoms with van der Waals surface area (Å²) in [6, 6.07) is 8.39. The lowest BCUT2D eigenvalue weighted by Gasteiger charge is -2.01. The van der Waals surface area contributed by atoms with Gasteiger partial charge in [-0.3, -0.25) is 5.10 Å². The molecule has 0 fully saturated rings. The van der Waals surface area contributed by atoms with Crippen molar-refractivity contribution in [3.8, 4) is 11.3 Å². The van der Waals surface area contributed by atoms with Crippen LogP contribution in [0.2, 0.25) is 0 Å². The molecule has 0 aliphatic carbocycles. The number of para-hydroxylation sites is 1. The third-order valence-corrected chi connectivity index (χ3v) is 3.62. The quantitative estimate of drug-likeness (QED) is 0.754. The summed E-state index contributed by atoms with van der Waals surface area (Å²) in [6.45, 7) is 2.69. The number of H-pyrrole nitrogens is 1. The molecule has 0 saturated heterocycles. The van der Waals surface area contributed by atoms with Gasteiger partial charge in [-0.05, 0) is 26.0 Å². The second kappa shape index (κ2) is 4.55. The van der Waals surface area contributed by atoms with Crippen molar-refractivity contribution in [1.82, 2.24) is 14.8 Å². The van der Waals surface area contributed by atoms with Gasteiger partial charge in [0.25, 0.3) is 0 Å². The van der Waals surface area contributed by atoms with Gasteiger partial charge in [-0.25, -0.2) is 0 Å². The van der Waals surface area contributed by atoms with Crippen LogP contribution in [0.5, 0.6) is 0 Å². The maximum Gasteiger partial charge on any atom is 0.0977 e. The van der Waals surface area contributed by atoms with Crippen LogP contribution in [0.4, 0.5) is 0 Å². The lowest BCUT2D eigenvalue weighted by atomic mass is 10.0. The first kappa shape index (κ1) is 12.0. The van der Waals surface area contributed by atoms with Crippen molar-refractivity contribution in [3.63, 3.8) is 0 Å². The summed E-state index contributed by atoms with van der Waals surface area (Å²) >= 11 is 0. The van der Waals surface area contributed by atoms with Gasteiger partial charge in [0, 0.05) is 41.0 Å². The molecular weight excluding hydrogens is 236 g/mol. The Morgan fingerprint density at radius 3 is 2.89 bits per heavy atom. The number of nitrogens with one attached hydrogen (secondary N) is 1. The molecule has 4 nitrogen and oxygen atoms in total. The molecule has 2 heterocycles. The molecule has 3 rings (SSSR count). The molecule has 0 aliphatic heterocycles. The van der Waals surface area contributed by atoms with Crippen LogP contribution in [-0.4, -0.2) is 21.3 Å². The number of aromatic nitrogens is 3. The Bertz CT molecular complexity index is 721.